The summed E-state index contributed by atoms with van der Waals surface area (Å²) in [5.41, 5.74) is 9.31. The van der Waals surface area contributed by atoms with E-state index in [1.54, 1.807) is 0 Å². The molecule has 0 spiro atoms. The van der Waals surface area contributed by atoms with Crippen LogP contribution in [-0.2, 0) is 0 Å². The third-order valence-electron chi connectivity index (χ3n) is 9.82. The van der Waals surface area contributed by atoms with Gasteiger partial charge in [-0.05, 0) is 92.3 Å². The monoisotopic (exact) mass is 665 g/mol. The molecule has 0 bridgehead atoms. The van der Waals surface area contributed by atoms with E-state index in [-0.39, 0.29) is 0 Å². The minimum Gasteiger partial charge on any atom is -0.228 e. The van der Waals surface area contributed by atoms with E-state index in [4.69, 9.17) is 9.97 Å². The Labute approximate surface area is 298 Å². The van der Waals surface area contributed by atoms with Gasteiger partial charge in [-0.3, -0.25) is 0 Å². The Balaban J connectivity index is 1.18. The molecule has 0 aliphatic heterocycles. The zero-order chi connectivity index (χ0) is 33.9. The molecule has 0 amide bonds. The number of nitrogens with zero attached hydrogens (tertiary/aromatic N) is 3. The van der Waals surface area contributed by atoms with Crippen molar-refractivity contribution in [1.29, 1.82) is 5.26 Å². The van der Waals surface area contributed by atoms with Gasteiger partial charge in [0, 0.05) is 36.9 Å². The lowest BCUT2D eigenvalue weighted by molar-refractivity contribution is 1.18. The maximum Gasteiger partial charge on any atom is 0.160 e. The maximum atomic E-state index is 10.3. The standard InChI is InChI=1S/C47H27N3S/c48-28-29-21-34(35-25-40-38-18-8-7-17-37(38)39-19-10-20-43-45(39)46(40)44(26-35)51-43)24-36(22-29)42-27-41(49-47(50-42)31-13-5-2-6-14-31)33-16-9-15-32(23-33)30-11-3-1-4-12-30/h1-27H. The highest BCUT2D eigenvalue weighted by Crippen LogP contribution is 2.47. The van der Waals surface area contributed by atoms with Crippen molar-refractivity contribution in [1.82, 2.24) is 9.97 Å². The number of nitriles is 1. The Hall–Kier alpha value is -6.67. The first kappa shape index (κ1) is 29.3. The zero-order valence-electron chi connectivity index (χ0n) is 27.3. The van der Waals surface area contributed by atoms with Crippen molar-refractivity contribution in [2.75, 3.05) is 0 Å². The normalized spacial score (nSPS) is 11.5. The van der Waals surface area contributed by atoms with Gasteiger partial charge in [0.2, 0.25) is 0 Å². The van der Waals surface area contributed by atoms with E-state index in [1.807, 2.05) is 65.9 Å². The molecule has 0 unspecified atom stereocenters. The molecule has 0 saturated heterocycles. The summed E-state index contributed by atoms with van der Waals surface area (Å²) in [6.07, 6.45) is 0. The summed E-state index contributed by atoms with van der Waals surface area (Å²) in [5.74, 6) is 0.639. The van der Waals surface area contributed by atoms with Gasteiger partial charge < -0.3 is 0 Å². The van der Waals surface area contributed by atoms with E-state index in [1.165, 1.54) is 41.7 Å². The van der Waals surface area contributed by atoms with Gasteiger partial charge in [0.25, 0.3) is 0 Å². The molecule has 0 radical (unpaired) electrons. The smallest absolute Gasteiger partial charge is 0.160 e. The molecule has 4 heteroatoms. The predicted octanol–water partition coefficient (Wildman–Crippen LogP) is 12.8. The molecule has 0 aliphatic carbocycles. The Morgan fingerprint density at radius 3 is 1.75 bits per heavy atom. The third kappa shape index (κ3) is 4.95. The summed E-state index contributed by atoms with van der Waals surface area (Å²) in [6.45, 7) is 0. The Morgan fingerprint density at radius 1 is 0.392 bits per heavy atom. The highest BCUT2D eigenvalue weighted by Gasteiger charge is 2.18. The Kier molecular flexibility index (Phi) is 6.74. The van der Waals surface area contributed by atoms with Crippen LogP contribution in [0.2, 0.25) is 0 Å². The van der Waals surface area contributed by atoms with Gasteiger partial charge in [0.15, 0.2) is 5.82 Å². The van der Waals surface area contributed by atoms with Crippen molar-refractivity contribution >= 4 is 53.1 Å². The van der Waals surface area contributed by atoms with Crippen LogP contribution in [-0.4, -0.2) is 9.97 Å². The van der Waals surface area contributed by atoms with E-state index in [0.29, 0.717) is 11.4 Å². The first-order chi connectivity index (χ1) is 25.2. The lowest BCUT2D eigenvalue weighted by Crippen LogP contribution is -1.97. The second-order valence-corrected chi connectivity index (χ2v) is 14.0. The average molecular weight is 666 g/mol. The van der Waals surface area contributed by atoms with Crippen LogP contribution in [0.15, 0.2) is 164 Å². The second-order valence-electron chi connectivity index (χ2n) is 12.9. The number of hydrogen-bond donors (Lipinski definition) is 0. The molecule has 0 aliphatic rings. The van der Waals surface area contributed by atoms with Crippen LogP contribution in [0, 0.1) is 11.3 Å². The molecule has 0 saturated carbocycles. The van der Waals surface area contributed by atoms with Crippen molar-refractivity contribution < 1.29 is 0 Å². The first-order valence-corrected chi connectivity index (χ1v) is 17.8. The van der Waals surface area contributed by atoms with Crippen LogP contribution < -0.4 is 0 Å². The fraction of sp³-hybridized carbons (Fsp3) is 0. The van der Waals surface area contributed by atoms with Crippen LogP contribution in [0.25, 0.3) is 97.9 Å². The topological polar surface area (TPSA) is 49.6 Å². The van der Waals surface area contributed by atoms with Crippen molar-refractivity contribution in [3.63, 3.8) is 0 Å². The lowest BCUT2D eigenvalue weighted by atomic mass is 9.91. The second kappa shape index (κ2) is 11.7. The van der Waals surface area contributed by atoms with Crippen LogP contribution >= 0.6 is 11.3 Å². The van der Waals surface area contributed by atoms with Crippen molar-refractivity contribution in [2.45, 2.75) is 0 Å². The molecule has 2 heterocycles. The number of thiophene rings is 1. The molecule has 10 rings (SSSR count). The van der Waals surface area contributed by atoms with Crippen molar-refractivity contribution in [3.05, 3.63) is 169 Å². The molecule has 3 nitrogen and oxygen atoms in total. The molecule has 2 aromatic heterocycles. The van der Waals surface area contributed by atoms with E-state index in [0.717, 1.165) is 50.3 Å². The summed E-state index contributed by atoms with van der Waals surface area (Å²) < 4.78 is 2.54. The van der Waals surface area contributed by atoms with Crippen molar-refractivity contribution in [3.8, 4) is 62.2 Å². The molecule has 51 heavy (non-hydrogen) atoms. The molecule has 0 atom stereocenters. The fourth-order valence-electron chi connectivity index (χ4n) is 7.46. The quantitative estimate of drug-likeness (QED) is 0.172. The zero-order valence-corrected chi connectivity index (χ0v) is 28.2. The first-order valence-electron chi connectivity index (χ1n) is 17.0. The number of fused-ring (bicyclic) bond motifs is 3. The Morgan fingerprint density at radius 2 is 0.961 bits per heavy atom. The molecular formula is C47H27N3S. The molecule has 8 aromatic carbocycles. The summed E-state index contributed by atoms with van der Waals surface area (Å²) >= 11 is 1.83. The van der Waals surface area contributed by atoms with E-state index in [2.05, 4.69) is 115 Å². The number of hydrogen-bond acceptors (Lipinski definition) is 4. The van der Waals surface area contributed by atoms with E-state index < -0.39 is 0 Å². The molecule has 236 valence electrons. The van der Waals surface area contributed by atoms with Crippen molar-refractivity contribution in [2.24, 2.45) is 0 Å². The van der Waals surface area contributed by atoms with Gasteiger partial charge in [-0.25, -0.2) is 9.97 Å². The van der Waals surface area contributed by atoms with Crippen LogP contribution in [0.3, 0.4) is 0 Å². The van der Waals surface area contributed by atoms with E-state index in [9.17, 15) is 5.26 Å². The van der Waals surface area contributed by atoms with Crippen LogP contribution in [0.1, 0.15) is 5.56 Å². The van der Waals surface area contributed by atoms with Gasteiger partial charge in [-0.2, -0.15) is 5.26 Å². The van der Waals surface area contributed by atoms with Gasteiger partial charge in [0.05, 0.1) is 23.0 Å². The number of aromatic nitrogens is 2. The SMILES string of the molecule is N#Cc1cc(-c2cc3sc4cccc5c6ccccc6c(c2)c3c45)cc(-c2cc(-c3cccc(-c4ccccc4)c3)nc(-c3ccccc3)n2)c1. The Bertz CT molecular complexity index is 2970. The lowest BCUT2D eigenvalue weighted by Gasteiger charge is -2.13. The molecular weight excluding hydrogens is 639 g/mol. The van der Waals surface area contributed by atoms with Gasteiger partial charge in [0.1, 0.15) is 0 Å². The van der Waals surface area contributed by atoms with Gasteiger partial charge >= 0.3 is 0 Å². The number of benzene rings is 8. The third-order valence-corrected chi connectivity index (χ3v) is 10.9. The minimum absolute atomic E-state index is 0.586. The summed E-state index contributed by atoms with van der Waals surface area (Å²) in [4.78, 5) is 10.2. The van der Waals surface area contributed by atoms with Gasteiger partial charge in [-0.1, -0.05) is 115 Å². The summed E-state index contributed by atoms with van der Waals surface area (Å²) in [6, 6.07) is 59.5. The molecule has 0 N–H and O–H groups in total. The fourth-order valence-corrected chi connectivity index (χ4v) is 8.66. The molecule has 10 aromatic rings. The van der Waals surface area contributed by atoms with Crippen LogP contribution in [0.4, 0.5) is 0 Å². The average Bonchev–Trinajstić information content (AvgIpc) is 3.60. The minimum atomic E-state index is 0.586. The summed E-state index contributed by atoms with van der Waals surface area (Å²) in [5, 5.41) is 18.0. The summed E-state index contributed by atoms with van der Waals surface area (Å²) in [7, 11) is 0. The highest BCUT2D eigenvalue weighted by molar-refractivity contribution is 7.26. The van der Waals surface area contributed by atoms with E-state index >= 15 is 0 Å². The molecule has 0 fully saturated rings. The van der Waals surface area contributed by atoms with Crippen LogP contribution in [0.5, 0.6) is 0 Å². The maximum absolute atomic E-state index is 10.3. The largest absolute Gasteiger partial charge is 0.228 e. The predicted molar refractivity (Wildman–Crippen MR) is 213 cm³/mol. The number of rotatable bonds is 5. The highest BCUT2D eigenvalue weighted by atomic mass is 32.1. The van der Waals surface area contributed by atoms with Gasteiger partial charge in [-0.15, -0.1) is 11.3 Å².